The molecule has 2 atom stereocenters. The van der Waals surface area contributed by atoms with Crippen LogP contribution < -0.4 is 15.8 Å². The van der Waals surface area contributed by atoms with E-state index in [2.05, 4.69) is 5.32 Å². The lowest BCUT2D eigenvalue weighted by Crippen LogP contribution is -2.41. The number of fused-ring (bicyclic) bond motifs is 1. The number of ether oxygens (including phenoxy) is 1. The highest BCUT2D eigenvalue weighted by Crippen LogP contribution is 2.31. The van der Waals surface area contributed by atoms with E-state index >= 15 is 0 Å². The summed E-state index contributed by atoms with van der Waals surface area (Å²) < 4.78 is 5.51. The van der Waals surface area contributed by atoms with E-state index in [-0.39, 0.29) is 11.9 Å². The lowest BCUT2D eigenvalue weighted by Gasteiger charge is -2.27. The molecule has 0 saturated heterocycles. The maximum Gasteiger partial charge on any atom is 0.237 e. The first kappa shape index (κ1) is 11.0. The molecule has 1 aromatic carbocycles. The topological polar surface area (TPSA) is 64.4 Å². The Labute approximate surface area is 94.8 Å². The van der Waals surface area contributed by atoms with E-state index in [9.17, 15) is 4.79 Å². The molecule has 16 heavy (non-hydrogen) atoms. The SMILES string of the molecule is C[C@H](N)C(=O)NC1CCOc2ccccc21. The van der Waals surface area contributed by atoms with Gasteiger partial charge in [-0.1, -0.05) is 18.2 Å². The van der Waals surface area contributed by atoms with Gasteiger partial charge in [0.15, 0.2) is 0 Å². The van der Waals surface area contributed by atoms with Gasteiger partial charge in [0.1, 0.15) is 5.75 Å². The van der Waals surface area contributed by atoms with Crippen molar-refractivity contribution >= 4 is 5.91 Å². The summed E-state index contributed by atoms with van der Waals surface area (Å²) in [5, 5.41) is 2.93. The molecule has 0 spiro atoms. The summed E-state index contributed by atoms with van der Waals surface area (Å²) in [6.45, 7) is 2.31. The third-order valence-corrected chi connectivity index (χ3v) is 2.69. The molecule has 1 amide bonds. The molecule has 2 rings (SSSR count). The van der Waals surface area contributed by atoms with Gasteiger partial charge in [-0.2, -0.15) is 0 Å². The molecule has 86 valence electrons. The smallest absolute Gasteiger partial charge is 0.237 e. The minimum absolute atomic E-state index is 0.0171. The van der Waals surface area contributed by atoms with Crippen molar-refractivity contribution in [3.8, 4) is 5.75 Å². The number of nitrogens with two attached hydrogens (primary N) is 1. The Morgan fingerprint density at radius 1 is 1.56 bits per heavy atom. The summed E-state index contributed by atoms with van der Waals surface area (Å²) >= 11 is 0. The van der Waals surface area contributed by atoms with Crippen LogP contribution in [0.25, 0.3) is 0 Å². The molecule has 0 fully saturated rings. The second kappa shape index (κ2) is 4.53. The average Bonchev–Trinajstić information content (AvgIpc) is 2.29. The van der Waals surface area contributed by atoms with Gasteiger partial charge in [-0.3, -0.25) is 4.79 Å². The van der Waals surface area contributed by atoms with Crippen LogP contribution in [0.3, 0.4) is 0 Å². The molecule has 0 radical (unpaired) electrons. The molecule has 4 heteroatoms. The molecule has 3 N–H and O–H groups in total. The van der Waals surface area contributed by atoms with Gasteiger partial charge in [0.05, 0.1) is 18.7 Å². The van der Waals surface area contributed by atoms with Gasteiger partial charge in [0, 0.05) is 12.0 Å². The van der Waals surface area contributed by atoms with Crippen molar-refractivity contribution in [3.05, 3.63) is 29.8 Å². The lowest BCUT2D eigenvalue weighted by molar-refractivity contribution is -0.122. The Bertz CT molecular complexity index is 390. The van der Waals surface area contributed by atoms with Crippen LogP contribution in [0.5, 0.6) is 5.75 Å². The monoisotopic (exact) mass is 220 g/mol. The molecular formula is C12H16N2O2. The van der Waals surface area contributed by atoms with Crippen LogP contribution in [0.4, 0.5) is 0 Å². The van der Waals surface area contributed by atoms with E-state index in [1.54, 1.807) is 6.92 Å². The second-order valence-electron chi connectivity index (χ2n) is 4.02. The average molecular weight is 220 g/mol. The molecule has 1 aromatic rings. The van der Waals surface area contributed by atoms with E-state index in [4.69, 9.17) is 10.5 Å². The van der Waals surface area contributed by atoms with Crippen molar-refractivity contribution in [2.24, 2.45) is 5.73 Å². The number of nitrogens with one attached hydrogen (secondary N) is 1. The standard InChI is InChI=1S/C12H16N2O2/c1-8(13)12(15)14-10-6-7-16-11-5-3-2-4-9(10)11/h2-5,8,10H,6-7,13H2,1H3,(H,14,15)/t8-,10?/m0/s1. The number of carbonyl (C=O) groups excluding carboxylic acids is 1. The first-order valence-electron chi connectivity index (χ1n) is 5.46. The van der Waals surface area contributed by atoms with Gasteiger partial charge in [0.2, 0.25) is 5.91 Å². The van der Waals surface area contributed by atoms with E-state index in [1.165, 1.54) is 0 Å². The van der Waals surface area contributed by atoms with Crippen LogP contribution in [0.2, 0.25) is 0 Å². The van der Waals surface area contributed by atoms with Crippen LogP contribution in [-0.2, 0) is 4.79 Å². The minimum Gasteiger partial charge on any atom is -0.493 e. The van der Waals surface area contributed by atoms with Crippen molar-refractivity contribution in [1.82, 2.24) is 5.32 Å². The zero-order valence-corrected chi connectivity index (χ0v) is 9.27. The van der Waals surface area contributed by atoms with Gasteiger partial charge in [0.25, 0.3) is 0 Å². The Hall–Kier alpha value is -1.55. The highest BCUT2D eigenvalue weighted by atomic mass is 16.5. The molecule has 1 unspecified atom stereocenters. The summed E-state index contributed by atoms with van der Waals surface area (Å²) in [5.74, 6) is 0.727. The highest BCUT2D eigenvalue weighted by molar-refractivity contribution is 5.81. The van der Waals surface area contributed by atoms with E-state index < -0.39 is 6.04 Å². The van der Waals surface area contributed by atoms with Gasteiger partial charge < -0.3 is 15.8 Å². The number of amides is 1. The summed E-state index contributed by atoms with van der Waals surface area (Å²) in [4.78, 5) is 11.5. The summed E-state index contributed by atoms with van der Waals surface area (Å²) in [7, 11) is 0. The van der Waals surface area contributed by atoms with Gasteiger partial charge in [-0.25, -0.2) is 0 Å². The van der Waals surface area contributed by atoms with Crippen LogP contribution in [0.15, 0.2) is 24.3 Å². The summed E-state index contributed by atoms with van der Waals surface area (Å²) in [6.07, 6.45) is 0.787. The molecular weight excluding hydrogens is 204 g/mol. The van der Waals surface area contributed by atoms with Crippen LogP contribution in [0.1, 0.15) is 24.9 Å². The fourth-order valence-electron chi connectivity index (χ4n) is 1.80. The van der Waals surface area contributed by atoms with Crippen LogP contribution in [0, 0.1) is 0 Å². The highest BCUT2D eigenvalue weighted by Gasteiger charge is 2.23. The molecule has 0 aromatic heterocycles. The van der Waals surface area contributed by atoms with Gasteiger partial charge in [-0.05, 0) is 13.0 Å². The number of para-hydroxylation sites is 1. The zero-order valence-electron chi connectivity index (χ0n) is 9.27. The quantitative estimate of drug-likeness (QED) is 0.780. The van der Waals surface area contributed by atoms with Gasteiger partial charge >= 0.3 is 0 Å². The maximum atomic E-state index is 11.5. The van der Waals surface area contributed by atoms with Crippen molar-refractivity contribution in [3.63, 3.8) is 0 Å². The first-order valence-corrected chi connectivity index (χ1v) is 5.46. The van der Waals surface area contributed by atoms with E-state index in [0.717, 1.165) is 17.7 Å². The van der Waals surface area contributed by atoms with Crippen molar-refractivity contribution < 1.29 is 9.53 Å². The first-order chi connectivity index (χ1) is 7.68. The predicted molar refractivity (Wildman–Crippen MR) is 61.1 cm³/mol. The summed E-state index contributed by atoms with van der Waals surface area (Å²) in [5.41, 5.74) is 6.56. The third-order valence-electron chi connectivity index (χ3n) is 2.69. The summed E-state index contributed by atoms with van der Waals surface area (Å²) in [6, 6.07) is 7.30. The molecule has 4 nitrogen and oxygen atoms in total. The minimum atomic E-state index is -0.477. The van der Waals surface area contributed by atoms with E-state index in [0.29, 0.717) is 6.61 Å². The van der Waals surface area contributed by atoms with Crippen molar-refractivity contribution in [2.75, 3.05) is 6.61 Å². The number of rotatable bonds is 2. The molecule has 1 aliphatic heterocycles. The van der Waals surface area contributed by atoms with Crippen LogP contribution in [-0.4, -0.2) is 18.6 Å². The largest absolute Gasteiger partial charge is 0.493 e. The molecule has 1 heterocycles. The second-order valence-corrected chi connectivity index (χ2v) is 4.02. The number of carbonyl (C=O) groups is 1. The Kier molecular flexibility index (Phi) is 3.10. The fraction of sp³-hybridized carbons (Fsp3) is 0.417. The molecule has 0 aliphatic carbocycles. The van der Waals surface area contributed by atoms with Crippen LogP contribution >= 0.6 is 0 Å². The Morgan fingerprint density at radius 2 is 2.31 bits per heavy atom. The molecule has 0 saturated carbocycles. The maximum absolute atomic E-state index is 11.5. The fourth-order valence-corrected chi connectivity index (χ4v) is 1.80. The normalized spacial score (nSPS) is 20.5. The molecule has 1 aliphatic rings. The van der Waals surface area contributed by atoms with Crippen molar-refractivity contribution in [1.29, 1.82) is 0 Å². The zero-order chi connectivity index (χ0) is 11.5. The van der Waals surface area contributed by atoms with Gasteiger partial charge in [-0.15, -0.1) is 0 Å². The number of benzene rings is 1. The Morgan fingerprint density at radius 3 is 3.06 bits per heavy atom. The third kappa shape index (κ3) is 2.17. The number of hydrogen-bond donors (Lipinski definition) is 2. The predicted octanol–water partition coefficient (Wildman–Crippen LogP) is 0.974. The molecule has 0 bridgehead atoms. The van der Waals surface area contributed by atoms with E-state index in [1.807, 2.05) is 24.3 Å². The van der Waals surface area contributed by atoms with Crippen molar-refractivity contribution in [2.45, 2.75) is 25.4 Å². The Balaban J connectivity index is 2.16. The lowest BCUT2D eigenvalue weighted by atomic mass is 10.0. The number of hydrogen-bond acceptors (Lipinski definition) is 3.